The van der Waals surface area contributed by atoms with Crippen LogP contribution in [0.1, 0.15) is 34.4 Å². The molecule has 6 rings (SSSR count). The number of nitrogens with one attached hydrogen (secondary N) is 1. The van der Waals surface area contributed by atoms with Crippen molar-refractivity contribution in [2.75, 3.05) is 19.5 Å². The number of rotatable bonds is 4. The molecule has 3 heterocycles. The van der Waals surface area contributed by atoms with Gasteiger partial charge in [0.05, 0.1) is 19.9 Å². The van der Waals surface area contributed by atoms with E-state index in [1.165, 1.54) is 5.56 Å². The first-order valence-corrected chi connectivity index (χ1v) is 11.1. The Morgan fingerprint density at radius 1 is 0.882 bits per heavy atom. The van der Waals surface area contributed by atoms with Gasteiger partial charge in [-0.3, -0.25) is 0 Å². The van der Waals surface area contributed by atoms with Gasteiger partial charge in [-0.25, -0.2) is 4.68 Å². The van der Waals surface area contributed by atoms with Gasteiger partial charge < -0.3 is 19.5 Å². The van der Waals surface area contributed by atoms with E-state index >= 15 is 0 Å². The van der Waals surface area contributed by atoms with Gasteiger partial charge in [-0.1, -0.05) is 42.0 Å². The summed E-state index contributed by atoms with van der Waals surface area (Å²) < 4.78 is 19.5. The molecule has 1 N–H and O–H groups in total. The number of hydrogen-bond donors (Lipinski definition) is 1. The highest BCUT2D eigenvalue weighted by Gasteiger charge is 2.41. The van der Waals surface area contributed by atoms with E-state index < -0.39 is 0 Å². The molecule has 3 aromatic carbocycles. The smallest absolute Gasteiger partial charge is 0.226 e. The molecule has 0 amide bonds. The zero-order valence-corrected chi connectivity index (χ0v) is 19.1. The van der Waals surface area contributed by atoms with E-state index in [4.69, 9.17) is 14.2 Å². The number of aryl methyl sites for hydroxylation is 1. The fraction of sp³-hybridized carbons (Fsp3) is 0.185. The maximum Gasteiger partial charge on any atom is 0.226 e. The molecule has 0 saturated heterocycles. The maximum absolute atomic E-state index is 6.67. The third kappa shape index (κ3) is 3.20. The molecule has 34 heavy (non-hydrogen) atoms. The Balaban J connectivity index is 1.60. The largest absolute Gasteiger partial charge is 0.497 e. The number of anilines is 1. The topological polar surface area (TPSA) is 70.4 Å². The zero-order valence-electron chi connectivity index (χ0n) is 19.1. The number of aromatic nitrogens is 3. The predicted octanol–water partition coefficient (Wildman–Crippen LogP) is 5.16. The Labute approximate surface area is 197 Å². The Kier molecular flexibility index (Phi) is 4.76. The molecular formula is C27H24N4O3. The first-order chi connectivity index (χ1) is 16.7. The van der Waals surface area contributed by atoms with E-state index in [1.807, 2.05) is 47.1 Å². The maximum atomic E-state index is 6.67. The lowest BCUT2D eigenvalue weighted by molar-refractivity contribution is 0.222. The van der Waals surface area contributed by atoms with Crippen LogP contribution in [0.4, 0.5) is 5.95 Å². The third-order valence-electron chi connectivity index (χ3n) is 6.43. The predicted molar refractivity (Wildman–Crippen MR) is 129 cm³/mol. The van der Waals surface area contributed by atoms with E-state index in [0.717, 1.165) is 45.2 Å². The summed E-state index contributed by atoms with van der Waals surface area (Å²) in [6.45, 7) is 2.09. The number of ether oxygens (including phenoxy) is 3. The summed E-state index contributed by atoms with van der Waals surface area (Å²) in [4.78, 5) is 4.50. The van der Waals surface area contributed by atoms with Gasteiger partial charge in [0.2, 0.25) is 5.95 Å². The quantitative estimate of drug-likeness (QED) is 0.461. The first-order valence-electron chi connectivity index (χ1n) is 11.1. The highest BCUT2D eigenvalue weighted by molar-refractivity contribution is 5.85. The molecule has 170 valence electrons. The molecule has 2 atom stereocenters. The Hall–Kier alpha value is -4.26. The second-order valence-corrected chi connectivity index (χ2v) is 8.43. The van der Waals surface area contributed by atoms with Crippen molar-refractivity contribution in [2.24, 2.45) is 0 Å². The van der Waals surface area contributed by atoms with E-state index in [9.17, 15) is 0 Å². The lowest BCUT2D eigenvalue weighted by Crippen LogP contribution is -2.32. The SMILES string of the molecule is COc1ccc([C@H]2Oc3ccc(OC)cc3C3=C2[C@@H](c2ccc(C)cc2)n2ncnc2N3)cc1. The van der Waals surface area contributed by atoms with Crippen LogP contribution in [0.15, 0.2) is 78.6 Å². The molecule has 1 aromatic heterocycles. The molecule has 0 spiro atoms. The standard InChI is InChI=1S/C27H24N4O3/c1-16-4-6-17(7-5-16)25-23-24(30-27-28-15-29-31(25)27)21-14-20(33-3)12-13-22(21)34-26(23)18-8-10-19(32-2)11-9-18/h4-15,25-26H,1-3H3,(H,28,29,30)/t25-,26-/m1/s1. The second kappa shape index (κ2) is 7.95. The van der Waals surface area contributed by atoms with Crippen LogP contribution in [0, 0.1) is 6.92 Å². The van der Waals surface area contributed by atoms with E-state index in [-0.39, 0.29) is 12.1 Å². The molecule has 2 aliphatic rings. The summed E-state index contributed by atoms with van der Waals surface area (Å²) in [5, 5.41) is 8.11. The van der Waals surface area contributed by atoms with Gasteiger partial charge in [0.15, 0.2) is 0 Å². The molecular weight excluding hydrogens is 428 g/mol. The molecule has 4 aromatic rings. The average Bonchev–Trinajstić information content (AvgIpc) is 3.36. The normalized spacial score (nSPS) is 18.2. The molecule has 2 aliphatic heterocycles. The summed E-state index contributed by atoms with van der Waals surface area (Å²) in [5.74, 6) is 3.03. The lowest BCUT2D eigenvalue weighted by Gasteiger charge is -2.39. The van der Waals surface area contributed by atoms with Crippen LogP contribution < -0.4 is 19.5 Å². The van der Waals surface area contributed by atoms with Crippen LogP contribution in [0.3, 0.4) is 0 Å². The van der Waals surface area contributed by atoms with Crippen LogP contribution in [0.25, 0.3) is 5.70 Å². The van der Waals surface area contributed by atoms with Crippen molar-refractivity contribution in [3.8, 4) is 17.2 Å². The fourth-order valence-corrected chi connectivity index (χ4v) is 4.70. The van der Waals surface area contributed by atoms with Crippen molar-refractivity contribution in [2.45, 2.75) is 19.1 Å². The number of benzene rings is 3. The van der Waals surface area contributed by atoms with Gasteiger partial charge >= 0.3 is 0 Å². The van der Waals surface area contributed by atoms with Crippen LogP contribution in [-0.2, 0) is 0 Å². The van der Waals surface area contributed by atoms with E-state index in [1.54, 1.807) is 20.5 Å². The van der Waals surface area contributed by atoms with Gasteiger partial charge in [-0.15, -0.1) is 0 Å². The zero-order chi connectivity index (χ0) is 23.2. The highest BCUT2D eigenvalue weighted by Crippen LogP contribution is 2.51. The molecule has 0 unspecified atom stereocenters. The Morgan fingerprint density at radius 2 is 1.59 bits per heavy atom. The van der Waals surface area contributed by atoms with Crippen molar-refractivity contribution in [1.29, 1.82) is 0 Å². The van der Waals surface area contributed by atoms with Crippen LogP contribution in [0.2, 0.25) is 0 Å². The number of fused-ring (bicyclic) bond motifs is 3. The minimum atomic E-state index is -0.335. The van der Waals surface area contributed by atoms with Gasteiger partial charge in [0.1, 0.15) is 35.7 Å². The van der Waals surface area contributed by atoms with Crippen molar-refractivity contribution in [3.63, 3.8) is 0 Å². The Bertz CT molecular complexity index is 1390. The average molecular weight is 453 g/mol. The number of nitrogens with zero attached hydrogens (tertiary/aromatic N) is 3. The summed E-state index contributed by atoms with van der Waals surface area (Å²) in [7, 11) is 3.34. The molecule has 7 heteroatoms. The minimum absolute atomic E-state index is 0.194. The van der Waals surface area contributed by atoms with Gasteiger partial charge in [-0.05, 0) is 48.4 Å². The van der Waals surface area contributed by atoms with Crippen LogP contribution >= 0.6 is 0 Å². The summed E-state index contributed by atoms with van der Waals surface area (Å²) in [5.41, 5.74) is 6.30. The number of methoxy groups -OCH3 is 2. The molecule has 0 bridgehead atoms. The molecule has 0 saturated carbocycles. The first kappa shape index (κ1) is 20.4. The summed E-state index contributed by atoms with van der Waals surface area (Å²) >= 11 is 0. The molecule has 0 radical (unpaired) electrons. The van der Waals surface area contributed by atoms with E-state index in [2.05, 4.69) is 46.6 Å². The monoisotopic (exact) mass is 452 g/mol. The van der Waals surface area contributed by atoms with E-state index in [0.29, 0.717) is 5.95 Å². The highest BCUT2D eigenvalue weighted by atomic mass is 16.5. The molecule has 7 nitrogen and oxygen atoms in total. The lowest BCUT2D eigenvalue weighted by atomic mass is 9.84. The summed E-state index contributed by atoms with van der Waals surface area (Å²) in [6.07, 6.45) is 1.25. The second-order valence-electron chi connectivity index (χ2n) is 8.43. The molecule has 0 fully saturated rings. The van der Waals surface area contributed by atoms with Crippen LogP contribution in [-0.4, -0.2) is 29.0 Å². The van der Waals surface area contributed by atoms with Crippen molar-refractivity contribution in [1.82, 2.24) is 14.8 Å². The fourth-order valence-electron chi connectivity index (χ4n) is 4.70. The van der Waals surface area contributed by atoms with Crippen molar-refractivity contribution >= 4 is 11.6 Å². The number of hydrogen-bond acceptors (Lipinski definition) is 6. The van der Waals surface area contributed by atoms with Gasteiger partial charge in [-0.2, -0.15) is 10.1 Å². The van der Waals surface area contributed by atoms with Gasteiger partial charge in [0.25, 0.3) is 0 Å². The molecule has 0 aliphatic carbocycles. The van der Waals surface area contributed by atoms with Crippen LogP contribution in [0.5, 0.6) is 17.2 Å². The third-order valence-corrected chi connectivity index (χ3v) is 6.43. The minimum Gasteiger partial charge on any atom is -0.497 e. The summed E-state index contributed by atoms with van der Waals surface area (Å²) in [6, 6.07) is 22.2. The van der Waals surface area contributed by atoms with Crippen molar-refractivity contribution in [3.05, 3.63) is 101 Å². The van der Waals surface area contributed by atoms with Crippen molar-refractivity contribution < 1.29 is 14.2 Å². The van der Waals surface area contributed by atoms with Gasteiger partial charge in [0, 0.05) is 11.1 Å². The Morgan fingerprint density at radius 3 is 2.32 bits per heavy atom.